The van der Waals surface area contributed by atoms with E-state index in [1.54, 1.807) is 0 Å². The number of amides is 2. The van der Waals surface area contributed by atoms with Gasteiger partial charge in [0.25, 0.3) is 0 Å². The molecule has 0 saturated carbocycles. The van der Waals surface area contributed by atoms with Gasteiger partial charge in [-0.05, 0) is 36.3 Å². The maximum atomic E-state index is 11.6. The summed E-state index contributed by atoms with van der Waals surface area (Å²) in [5, 5.41) is 14.4. The first-order valence-electron chi connectivity index (χ1n) is 7.36. The molecule has 0 aromatic heterocycles. The molecule has 0 bridgehead atoms. The molecule has 4 nitrogen and oxygen atoms in total. The van der Waals surface area contributed by atoms with Gasteiger partial charge in [-0.15, -0.1) is 0 Å². The lowest BCUT2D eigenvalue weighted by atomic mass is 10.1. The second-order valence-electron chi connectivity index (χ2n) is 5.17. The van der Waals surface area contributed by atoms with Crippen molar-refractivity contribution in [1.82, 2.24) is 10.6 Å². The Balaban J connectivity index is 2.17. The number of hydrogen-bond donors (Lipinski definition) is 3. The van der Waals surface area contributed by atoms with Gasteiger partial charge >= 0.3 is 6.03 Å². The van der Waals surface area contributed by atoms with Gasteiger partial charge < -0.3 is 15.7 Å². The zero-order valence-electron chi connectivity index (χ0n) is 12.5. The number of urea groups is 1. The number of aliphatic hydroxyl groups excluding tert-OH is 1. The molecule has 1 atom stereocenters. The van der Waals surface area contributed by atoms with E-state index in [0.29, 0.717) is 25.4 Å². The summed E-state index contributed by atoms with van der Waals surface area (Å²) in [7, 11) is 0. The number of nitrogens with one attached hydrogen (secondary N) is 2. The molecule has 2 amide bonds. The quantitative estimate of drug-likeness (QED) is 0.682. The first kappa shape index (κ1) is 16.5. The highest BCUT2D eigenvalue weighted by Crippen LogP contribution is 2.05. The Kier molecular flexibility index (Phi) is 7.73. The number of hydrogen-bond acceptors (Lipinski definition) is 2. The molecule has 0 radical (unpaired) electrons. The van der Waals surface area contributed by atoms with Gasteiger partial charge in [0.05, 0.1) is 0 Å². The topological polar surface area (TPSA) is 61.4 Å². The van der Waals surface area contributed by atoms with Crippen LogP contribution in [-0.4, -0.2) is 30.8 Å². The summed E-state index contributed by atoms with van der Waals surface area (Å²) in [6.45, 7) is 5.53. The third-order valence-electron chi connectivity index (χ3n) is 3.36. The lowest BCUT2D eigenvalue weighted by Crippen LogP contribution is -2.38. The highest BCUT2D eigenvalue weighted by atomic mass is 16.3. The van der Waals surface area contributed by atoms with Gasteiger partial charge in [-0.25, -0.2) is 4.79 Å². The maximum Gasteiger partial charge on any atom is 0.314 e. The van der Waals surface area contributed by atoms with E-state index >= 15 is 0 Å². The van der Waals surface area contributed by atoms with Gasteiger partial charge in [-0.1, -0.05) is 38.1 Å². The largest absolute Gasteiger partial charge is 0.396 e. The van der Waals surface area contributed by atoms with Crippen molar-refractivity contribution >= 4 is 6.03 Å². The van der Waals surface area contributed by atoms with Crippen molar-refractivity contribution < 1.29 is 9.90 Å². The molecule has 1 rings (SSSR count). The Morgan fingerprint density at radius 1 is 1.20 bits per heavy atom. The third kappa shape index (κ3) is 6.57. The van der Waals surface area contributed by atoms with E-state index in [4.69, 9.17) is 5.11 Å². The fraction of sp³-hybridized carbons (Fsp3) is 0.562. The average molecular weight is 278 g/mol. The van der Waals surface area contributed by atoms with E-state index in [1.165, 1.54) is 11.1 Å². The standard InChI is InChI=1S/C16H26N2O2/c1-3-14-4-6-15(7-5-14)8-10-17-16(20)18-12-13(2)9-11-19/h4-7,13,19H,3,8-12H2,1-2H3,(H2,17,18,20). The average Bonchev–Trinajstić information content (AvgIpc) is 2.46. The highest BCUT2D eigenvalue weighted by molar-refractivity contribution is 5.73. The Hall–Kier alpha value is -1.55. The van der Waals surface area contributed by atoms with E-state index in [9.17, 15) is 4.79 Å². The molecular weight excluding hydrogens is 252 g/mol. The molecule has 0 saturated heterocycles. The van der Waals surface area contributed by atoms with Crippen LogP contribution in [0.15, 0.2) is 24.3 Å². The van der Waals surface area contributed by atoms with Crippen LogP contribution in [0.5, 0.6) is 0 Å². The molecule has 0 aliphatic rings. The SMILES string of the molecule is CCc1ccc(CCNC(=O)NCC(C)CCO)cc1. The van der Waals surface area contributed by atoms with Crippen LogP contribution in [0.1, 0.15) is 31.4 Å². The first-order valence-corrected chi connectivity index (χ1v) is 7.36. The fourth-order valence-electron chi connectivity index (χ4n) is 1.91. The first-order chi connectivity index (χ1) is 9.65. The van der Waals surface area contributed by atoms with Crippen LogP contribution in [0.4, 0.5) is 4.79 Å². The summed E-state index contributed by atoms with van der Waals surface area (Å²) >= 11 is 0. The minimum Gasteiger partial charge on any atom is -0.396 e. The van der Waals surface area contributed by atoms with Crippen molar-refractivity contribution in [2.75, 3.05) is 19.7 Å². The predicted molar refractivity (Wildman–Crippen MR) is 81.8 cm³/mol. The number of carbonyl (C=O) groups excluding carboxylic acids is 1. The molecule has 0 spiro atoms. The summed E-state index contributed by atoms with van der Waals surface area (Å²) in [5.41, 5.74) is 2.56. The van der Waals surface area contributed by atoms with E-state index in [0.717, 1.165) is 12.8 Å². The van der Waals surface area contributed by atoms with Gasteiger partial charge in [0.2, 0.25) is 0 Å². The van der Waals surface area contributed by atoms with Crippen LogP contribution in [0, 0.1) is 5.92 Å². The lowest BCUT2D eigenvalue weighted by Gasteiger charge is -2.12. The summed E-state index contributed by atoms with van der Waals surface area (Å²) in [5.74, 6) is 0.298. The van der Waals surface area contributed by atoms with Gasteiger partial charge in [0.1, 0.15) is 0 Å². The van der Waals surface area contributed by atoms with Crippen molar-refractivity contribution in [2.45, 2.75) is 33.1 Å². The monoisotopic (exact) mass is 278 g/mol. The molecule has 0 aliphatic carbocycles. The zero-order valence-corrected chi connectivity index (χ0v) is 12.5. The summed E-state index contributed by atoms with van der Waals surface area (Å²) in [4.78, 5) is 11.6. The van der Waals surface area contributed by atoms with Crippen LogP contribution in [0.2, 0.25) is 0 Å². The molecule has 20 heavy (non-hydrogen) atoms. The smallest absolute Gasteiger partial charge is 0.314 e. The van der Waals surface area contributed by atoms with Crippen molar-refractivity contribution in [3.8, 4) is 0 Å². The molecule has 1 unspecified atom stereocenters. The normalized spacial score (nSPS) is 11.9. The van der Waals surface area contributed by atoms with Crippen molar-refractivity contribution in [2.24, 2.45) is 5.92 Å². The lowest BCUT2D eigenvalue weighted by molar-refractivity contribution is 0.234. The molecule has 112 valence electrons. The van der Waals surface area contributed by atoms with Gasteiger partial charge in [0, 0.05) is 19.7 Å². The second-order valence-corrected chi connectivity index (χ2v) is 5.17. The highest BCUT2D eigenvalue weighted by Gasteiger charge is 2.04. The molecule has 0 heterocycles. The molecule has 1 aromatic carbocycles. The molecule has 4 heteroatoms. The van der Waals surface area contributed by atoms with Gasteiger partial charge in [-0.3, -0.25) is 0 Å². The van der Waals surface area contributed by atoms with E-state index in [2.05, 4.69) is 41.8 Å². The van der Waals surface area contributed by atoms with Crippen LogP contribution >= 0.6 is 0 Å². The third-order valence-corrected chi connectivity index (χ3v) is 3.36. The Morgan fingerprint density at radius 2 is 1.85 bits per heavy atom. The Bertz CT molecular complexity index is 390. The van der Waals surface area contributed by atoms with Crippen molar-refractivity contribution in [1.29, 1.82) is 0 Å². The molecular formula is C16H26N2O2. The van der Waals surface area contributed by atoms with Crippen LogP contribution in [0.25, 0.3) is 0 Å². The Labute approximate surface area is 121 Å². The van der Waals surface area contributed by atoms with Crippen LogP contribution in [-0.2, 0) is 12.8 Å². The number of benzene rings is 1. The summed E-state index contributed by atoms with van der Waals surface area (Å²) < 4.78 is 0. The van der Waals surface area contributed by atoms with Crippen LogP contribution in [0.3, 0.4) is 0 Å². The number of aryl methyl sites for hydroxylation is 1. The van der Waals surface area contributed by atoms with Gasteiger partial charge in [-0.2, -0.15) is 0 Å². The molecule has 3 N–H and O–H groups in total. The summed E-state index contributed by atoms with van der Waals surface area (Å²) in [6, 6.07) is 8.35. The predicted octanol–water partition coefficient (Wildman–Crippen LogP) is 2.11. The fourth-order valence-corrected chi connectivity index (χ4v) is 1.91. The van der Waals surface area contributed by atoms with E-state index in [-0.39, 0.29) is 12.6 Å². The molecule has 0 aliphatic heterocycles. The van der Waals surface area contributed by atoms with E-state index in [1.807, 2.05) is 6.92 Å². The van der Waals surface area contributed by atoms with E-state index < -0.39 is 0 Å². The van der Waals surface area contributed by atoms with Crippen LogP contribution < -0.4 is 10.6 Å². The summed E-state index contributed by atoms with van der Waals surface area (Å²) in [6.07, 6.45) is 2.60. The molecule has 0 fully saturated rings. The van der Waals surface area contributed by atoms with Crippen molar-refractivity contribution in [3.63, 3.8) is 0 Å². The Morgan fingerprint density at radius 3 is 2.45 bits per heavy atom. The molecule has 1 aromatic rings. The number of carbonyl (C=O) groups is 1. The second kappa shape index (κ2) is 9.37. The number of aliphatic hydroxyl groups is 1. The maximum absolute atomic E-state index is 11.6. The number of rotatable bonds is 8. The van der Waals surface area contributed by atoms with Gasteiger partial charge in [0.15, 0.2) is 0 Å². The zero-order chi connectivity index (χ0) is 14.8. The minimum absolute atomic E-state index is 0.139. The minimum atomic E-state index is -0.139. The van der Waals surface area contributed by atoms with Crippen molar-refractivity contribution in [3.05, 3.63) is 35.4 Å².